The molecule has 0 unspecified atom stereocenters. The second kappa shape index (κ2) is 6.63. The van der Waals surface area contributed by atoms with Crippen LogP contribution in [0, 0.1) is 3.57 Å². The summed E-state index contributed by atoms with van der Waals surface area (Å²) >= 11 is 2.39. The van der Waals surface area contributed by atoms with Crippen molar-refractivity contribution in [2.75, 3.05) is 26.2 Å². The summed E-state index contributed by atoms with van der Waals surface area (Å²) in [7, 11) is -0.281. The third-order valence-electron chi connectivity index (χ3n) is 5.12. The van der Waals surface area contributed by atoms with Crippen LogP contribution in [0.2, 0.25) is 0 Å². The second-order valence-electron chi connectivity index (χ2n) is 7.51. The number of piperazine rings is 1. The molecule has 0 aliphatic carbocycles. The molecule has 0 aromatic heterocycles. The molecule has 1 aromatic carbocycles. The molecule has 2 heterocycles. The van der Waals surface area contributed by atoms with E-state index >= 15 is 0 Å². The van der Waals surface area contributed by atoms with Gasteiger partial charge in [0.2, 0.25) is 0 Å². The van der Waals surface area contributed by atoms with Gasteiger partial charge in [-0.05, 0) is 73.4 Å². The Balaban J connectivity index is 1.78. The Bertz CT molecular complexity index is 558. The first-order valence-corrected chi connectivity index (χ1v) is 9.43. The SMILES string of the molecule is CC1(C)OB(c2cc(I)cc(CN3CCNCC3)c2)OC1(C)C. The van der Waals surface area contributed by atoms with E-state index in [1.807, 2.05) is 0 Å². The Hall–Kier alpha value is -0.145. The van der Waals surface area contributed by atoms with E-state index in [4.69, 9.17) is 9.31 Å². The highest BCUT2D eigenvalue weighted by Crippen LogP contribution is 2.36. The standard InChI is InChI=1S/C17H26BIN2O2/c1-16(2)17(3,4)23-18(22-16)14-9-13(10-15(19)11-14)12-21-7-5-20-6-8-21/h9-11,20H,5-8,12H2,1-4H3. The van der Waals surface area contributed by atoms with Gasteiger partial charge in [0, 0.05) is 36.3 Å². The van der Waals surface area contributed by atoms with Crippen molar-refractivity contribution >= 4 is 35.2 Å². The van der Waals surface area contributed by atoms with Crippen LogP contribution in [0.4, 0.5) is 0 Å². The molecule has 0 spiro atoms. The van der Waals surface area contributed by atoms with E-state index < -0.39 is 0 Å². The largest absolute Gasteiger partial charge is 0.494 e. The lowest BCUT2D eigenvalue weighted by Gasteiger charge is -2.32. The van der Waals surface area contributed by atoms with Crippen LogP contribution in [-0.4, -0.2) is 49.4 Å². The molecular formula is C17H26BIN2O2. The maximum absolute atomic E-state index is 6.20. The van der Waals surface area contributed by atoms with Gasteiger partial charge in [0.15, 0.2) is 0 Å². The molecule has 2 aliphatic rings. The minimum atomic E-state index is -0.294. The summed E-state index contributed by atoms with van der Waals surface area (Å²) in [5.41, 5.74) is 1.87. The molecule has 1 N–H and O–H groups in total. The fourth-order valence-electron chi connectivity index (χ4n) is 3.01. The average Bonchev–Trinajstić information content (AvgIpc) is 2.68. The molecule has 0 amide bonds. The Morgan fingerprint density at radius 2 is 1.70 bits per heavy atom. The fourth-order valence-corrected chi connectivity index (χ4v) is 3.77. The van der Waals surface area contributed by atoms with Gasteiger partial charge < -0.3 is 14.6 Å². The van der Waals surface area contributed by atoms with Crippen LogP contribution in [0.25, 0.3) is 0 Å². The third kappa shape index (κ3) is 3.92. The van der Waals surface area contributed by atoms with Gasteiger partial charge >= 0.3 is 7.12 Å². The van der Waals surface area contributed by atoms with Gasteiger partial charge in [-0.3, -0.25) is 4.90 Å². The smallest absolute Gasteiger partial charge is 0.399 e. The van der Waals surface area contributed by atoms with Crippen molar-refractivity contribution in [2.45, 2.75) is 45.4 Å². The summed E-state index contributed by atoms with van der Waals surface area (Å²) in [6, 6.07) is 6.67. The molecule has 23 heavy (non-hydrogen) atoms. The van der Waals surface area contributed by atoms with Crippen molar-refractivity contribution in [3.63, 3.8) is 0 Å². The lowest BCUT2D eigenvalue weighted by Crippen LogP contribution is -2.43. The normalized spacial score (nSPS) is 24.1. The number of hydrogen-bond acceptors (Lipinski definition) is 4. The summed E-state index contributed by atoms with van der Waals surface area (Å²) in [5.74, 6) is 0. The van der Waals surface area contributed by atoms with Gasteiger partial charge in [-0.25, -0.2) is 0 Å². The minimum absolute atomic E-state index is 0.281. The highest BCUT2D eigenvalue weighted by Gasteiger charge is 2.51. The number of benzene rings is 1. The molecule has 0 atom stereocenters. The molecule has 1 aromatic rings. The van der Waals surface area contributed by atoms with E-state index in [2.05, 4.69) is 78.7 Å². The van der Waals surface area contributed by atoms with Crippen LogP contribution in [-0.2, 0) is 15.9 Å². The van der Waals surface area contributed by atoms with Gasteiger partial charge in [0.05, 0.1) is 11.2 Å². The summed E-state index contributed by atoms with van der Waals surface area (Å²) in [5, 5.41) is 3.40. The van der Waals surface area contributed by atoms with E-state index in [0.29, 0.717) is 0 Å². The molecule has 0 bridgehead atoms. The number of nitrogens with one attached hydrogen (secondary N) is 1. The van der Waals surface area contributed by atoms with Gasteiger partial charge in [-0.15, -0.1) is 0 Å². The highest BCUT2D eigenvalue weighted by atomic mass is 127. The van der Waals surface area contributed by atoms with Crippen molar-refractivity contribution < 1.29 is 9.31 Å². The second-order valence-corrected chi connectivity index (χ2v) is 8.75. The highest BCUT2D eigenvalue weighted by molar-refractivity contribution is 14.1. The topological polar surface area (TPSA) is 33.7 Å². The Morgan fingerprint density at radius 1 is 1.09 bits per heavy atom. The van der Waals surface area contributed by atoms with E-state index in [1.165, 1.54) is 9.13 Å². The maximum Gasteiger partial charge on any atom is 0.494 e. The quantitative estimate of drug-likeness (QED) is 0.590. The number of halogens is 1. The van der Waals surface area contributed by atoms with Crippen LogP contribution >= 0.6 is 22.6 Å². The van der Waals surface area contributed by atoms with E-state index in [0.717, 1.165) is 38.2 Å². The number of hydrogen-bond donors (Lipinski definition) is 1. The fraction of sp³-hybridized carbons (Fsp3) is 0.647. The van der Waals surface area contributed by atoms with E-state index in [-0.39, 0.29) is 18.3 Å². The molecule has 2 fully saturated rings. The summed E-state index contributed by atoms with van der Waals surface area (Å²) in [6.45, 7) is 13.8. The van der Waals surface area contributed by atoms with Crippen molar-refractivity contribution in [3.05, 3.63) is 27.3 Å². The Labute approximate surface area is 153 Å². The van der Waals surface area contributed by atoms with Crippen molar-refractivity contribution in [1.29, 1.82) is 0 Å². The lowest BCUT2D eigenvalue weighted by atomic mass is 9.78. The molecule has 0 saturated carbocycles. The first-order chi connectivity index (χ1) is 10.8. The Kier molecular flexibility index (Phi) is 5.10. The van der Waals surface area contributed by atoms with Crippen molar-refractivity contribution in [1.82, 2.24) is 10.2 Å². The summed E-state index contributed by atoms with van der Waals surface area (Å²) < 4.78 is 13.6. The summed E-state index contributed by atoms with van der Waals surface area (Å²) in [6.07, 6.45) is 0. The first kappa shape index (κ1) is 17.7. The predicted molar refractivity (Wildman–Crippen MR) is 103 cm³/mol. The monoisotopic (exact) mass is 428 g/mol. The van der Waals surface area contributed by atoms with Gasteiger partial charge in [-0.1, -0.05) is 6.07 Å². The molecule has 2 saturated heterocycles. The maximum atomic E-state index is 6.20. The van der Waals surface area contributed by atoms with Crippen LogP contribution in [0.5, 0.6) is 0 Å². The molecule has 2 aliphatic heterocycles. The zero-order chi connectivity index (χ0) is 16.7. The molecule has 4 nitrogen and oxygen atoms in total. The summed E-state index contributed by atoms with van der Waals surface area (Å²) in [4.78, 5) is 2.50. The molecule has 126 valence electrons. The average molecular weight is 428 g/mol. The Morgan fingerprint density at radius 3 is 2.30 bits per heavy atom. The van der Waals surface area contributed by atoms with Crippen LogP contribution in [0.3, 0.4) is 0 Å². The molecule has 6 heteroatoms. The number of rotatable bonds is 3. The number of nitrogens with zero attached hydrogens (tertiary/aromatic N) is 1. The third-order valence-corrected chi connectivity index (χ3v) is 5.74. The molecular weight excluding hydrogens is 402 g/mol. The molecule has 3 rings (SSSR count). The zero-order valence-corrected chi connectivity index (χ0v) is 16.6. The molecule has 0 radical (unpaired) electrons. The predicted octanol–water partition coefficient (Wildman–Crippen LogP) is 2.00. The van der Waals surface area contributed by atoms with Crippen LogP contribution in [0.1, 0.15) is 33.3 Å². The van der Waals surface area contributed by atoms with Crippen molar-refractivity contribution in [2.24, 2.45) is 0 Å². The van der Waals surface area contributed by atoms with Crippen LogP contribution < -0.4 is 10.8 Å². The van der Waals surface area contributed by atoms with Crippen molar-refractivity contribution in [3.8, 4) is 0 Å². The van der Waals surface area contributed by atoms with Crippen LogP contribution in [0.15, 0.2) is 18.2 Å². The van der Waals surface area contributed by atoms with Gasteiger partial charge in [0.25, 0.3) is 0 Å². The van der Waals surface area contributed by atoms with E-state index in [9.17, 15) is 0 Å². The van der Waals surface area contributed by atoms with Gasteiger partial charge in [-0.2, -0.15) is 0 Å². The lowest BCUT2D eigenvalue weighted by molar-refractivity contribution is 0.00578. The zero-order valence-electron chi connectivity index (χ0n) is 14.5. The first-order valence-electron chi connectivity index (χ1n) is 8.35. The minimum Gasteiger partial charge on any atom is -0.399 e. The van der Waals surface area contributed by atoms with Gasteiger partial charge in [0.1, 0.15) is 0 Å². The van der Waals surface area contributed by atoms with E-state index in [1.54, 1.807) is 0 Å².